The number of carbonyl (C=O) groups excluding carboxylic acids is 1. The topological polar surface area (TPSA) is 69.2 Å². The smallest absolute Gasteiger partial charge is 0.258 e. The first-order valence-electron chi connectivity index (χ1n) is 15.1. The fourth-order valence-electron chi connectivity index (χ4n) is 6.32. The maximum atomic E-state index is 13.8. The molecule has 0 bridgehead atoms. The first kappa shape index (κ1) is 29.3. The van der Waals surface area contributed by atoms with Crippen LogP contribution in [0.15, 0.2) is 59.6 Å². The highest BCUT2D eigenvalue weighted by atomic mass is 19.1. The zero-order chi connectivity index (χ0) is 29.9. The van der Waals surface area contributed by atoms with Crippen molar-refractivity contribution in [3.05, 3.63) is 94.0 Å². The number of hydrogen-bond acceptors (Lipinski definition) is 6. The van der Waals surface area contributed by atoms with Crippen molar-refractivity contribution in [1.29, 1.82) is 0 Å². The Bertz CT molecular complexity index is 1490. The Hall–Kier alpha value is -3.82. The van der Waals surface area contributed by atoms with E-state index in [2.05, 4.69) is 45.6 Å². The number of aliphatic imine (C=N–C) groups is 1. The third-order valence-corrected chi connectivity index (χ3v) is 8.79. The van der Waals surface area contributed by atoms with Gasteiger partial charge in [0.25, 0.3) is 5.91 Å². The highest BCUT2D eigenvalue weighted by Crippen LogP contribution is 2.29. The number of nitrogens with zero attached hydrogens (tertiary/aromatic N) is 3. The molecule has 43 heavy (non-hydrogen) atoms. The number of nitrogens with one attached hydrogen (secondary N) is 2. The van der Waals surface area contributed by atoms with Crippen LogP contribution >= 0.6 is 0 Å². The third kappa shape index (κ3) is 6.89. The maximum absolute atomic E-state index is 13.8. The van der Waals surface area contributed by atoms with Crippen LogP contribution in [0.2, 0.25) is 0 Å². The van der Waals surface area contributed by atoms with E-state index in [1.165, 1.54) is 12.1 Å². The van der Waals surface area contributed by atoms with E-state index < -0.39 is 11.6 Å². The van der Waals surface area contributed by atoms with Gasteiger partial charge in [-0.15, -0.1) is 0 Å². The summed E-state index contributed by atoms with van der Waals surface area (Å²) < 4.78 is 33.1. The zero-order valence-electron chi connectivity index (χ0n) is 24.8. The van der Waals surface area contributed by atoms with E-state index in [-0.39, 0.29) is 11.9 Å². The number of carbonyl (C=O) groups is 1. The van der Waals surface area contributed by atoms with E-state index in [9.17, 15) is 13.6 Å². The predicted molar refractivity (Wildman–Crippen MR) is 166 cm³/mol. The van der Waals surface area contributed by atoms with Gasteiger partial charge in [-0.25, -0.2) is 8.78 Å². The summed E-state index contributed by atoms with van der Waals surface area (Å²) in [6, 6.07) is 16.3. The molecule has 3 heterocycles. The SMILES string of the molecule is CN(C)C1CCN(c2ccc(C(=O)NC3=NCc4ccc(Cc5cc(F)cc(F)c5)cc43)c(NC3CCOCC3)c2)CC1. The molecule has 0 radical (unpaired) electrons. The molecule has 0 spiro atoms. The molecule has 3 aliphatic rings. The van der Waals surface area contributed by atoms with Crippen molar-refractivity contribution in [2.24, 2.45) is 4.99 Å². The summed E-state index contributed by atoms with van der Waals surface area (Å²) in [6.45, 7) is 3.83. The summed E-state index contributed by atoms with van der Waals surface area (Å²) in [5.41, 5.74) is 5.77. The van der Waals surface area contributed by atoms with Gasteiger partial charge in [-0.3, -0.25) is 9.79 Å². The van der Waals surface area contributed by atoms with Crippen LogP contribution in [0.5, 0.6) is 0 Å². The molecule has 0 aromatic heterocycles. The fourth-order valence-corrected chi connectivity index (χ4v) is 6.32. The summed E-state index contributed by atoms with van der Waals surface area (Å²) in [5, 5.41) is 6.71. The monoisotopic (exact) mass is 587 g/mol. The summed E-state index contributed by atoms with van der Waals surface area (Å²) in [7, 11) is 4.28. The first-order valence-corrected chi connectivity index (χ1v) is 15.1. The Balaban J connectivity index is 1.21. The Morgan fingerprint density at radius 1 is 0.953 bits per heavy atom. The van der Waals surface area contributed by atoms with E-state index in [1.807, 2.05) is 30.3 Å². The summed E-state index contributed by atoms with van der Waals surface area (Å²) >= 11 is 0. The van der Waals surface area contributed by atoms with Gasteiger partial charge in [0.05, 0.1) is 12.1 Å². The fraction of sp³-hybridized carbons (Fsp3) is 0.412. The van der Waals surface area contributed by atoms with Crippen LogP contribution in [0, 0.1) is 11.6 Å². The summed E-state index contributed by atoms with van der Waals surface area (Å²) in [5.74, 6) is -0.907. The molecule has 0 unspecified atom stereocenters. The molecule has 3 aliphatic heterocycles. The predicted octanol–water partition coefficient (Wildman–Crippen LogP) is 5.37. The van der Waals surface area contributed by atoms with E-state index in [0.717, 1.165) is 72.9 Å². The van der Waals surface area contributed by atoms with Crippen LogP contribution in [-0.2, 0) is 17.7 Å². The average Bonchev–Trinajstić information content (AvgIpc) is 3.38. The van der Waals surface area contributed by atoms with E-state index in [4.69, 9.17) is 4.74 Å². The van der Waals surface area contributed by atoms with Gasteiger partial charge >= 0.3 is 0 Å². The lowest BCUT2D eigenvalue weighted by atomic mass is 9.99. The highest BCUT2D eigenvalue weighted by molar-refractivity contribution is 6.15. The second kappa shape index (κ2) is 12.8. The molecule has 0 atom stereocenters. The number of piperidine rings is 1. The molecule has 3 aromatic rings. The van der Waals surface area contributed by atoms with Gasteiger partial charge in [-0.1, -0.05) is 12.1 Å². The number of ether oxygens (including phenoxy) is 1. The molecule has 2 N–H and O–H groups in total. The van der Waals surface area contributed by atoms with Crippen molar-refractivity contribution in [2.75, 3.05) is 50.6 Å². The third-order valence-electron chi connectivity index (χ3n) is 8.79. The van der Waals surface area contributed by atoms with Crippen LogP contribution in [0.25, 0.3) is 0 Å². The van der Waals surface area contributed by atoms with Crippen molar-refractivity contribution in [1.82, 2.24) is 10.2 Å². The Morgan fingerprint density at radius 3 is 2.42 bits per heavy atom. The minimum Gasteiger partial charge on any atom is -0.381 e. The van der Waals surface area contributed by atoms with Gasteiger partial charge in [-0.05, 0) is 99.3 Å². The van der Waals surface area contributed by atoms with Gasteiger partial charge in [0, 0.05) is 61.4 Å². The van der Waals surface area contributed by atoms with Gasteiger partial charge in [0.1, 0.15) is 17.5 Å². The molecule has 7 nitrogen and oxygen atoms in total. The molecule has 6 rings (SSSR count). The number of fused-ring (bicyclic) bond motifs is 1. The Labute approximate surface area is 251 Å². The number of halogens is 2. The van der Waals surface area contributed by atoms with E-state index >= 15 is 0 Å². The van der Waals surface area contributed by atoms with Crippen LogP contribution in [-0.4, -0.2) is 69.1 Å². The molecule has 0 saturated carbocycles. The van der Waals surface area contributed by atoms with E-state index in [1.54, 1.807) is 0 Å². The second-order valence-electron chi connectivity index (χ2n) is 12.0. The molecular weight excluding hydrogens is 548 g/mol. The normalized spacial score (nSPS) is 17.6. The maximum Gasteiger partial charge on any atom is 0.258 e. The Kier molecular flexibility index (Phi) is 8.72. The van der Waals surface area contributed by atoms with Crippen LogP contribution in [0.1, 0.15) is 58.3 Å². The zero-order valence-corrected chi connectivity index (χ0v) is 24.8. The van der Waals surface area contributed by atoms with Crippen molar-refractivity contribution < 1.29 is 18.3 Å². The number of anilines is 2. The lowest BCUT2D eigenvalue weighted by Gasteiger charge is -2.37. The lowest BCUT2D eigenvalue weighted by molar-refractivity contribution is 0.0904. The second-order valence-corrected chi connectivity index (χ2v) is 12.0. The molecule has 3 aromatic carbocycles. The van der Waals surface area contributed by atoms with Crippen LogP contribution in [0.3, 0.4) is 0 Å². The molecule has 2 fully saturated rings. The van der Waals surface area contributed by atoms with Gasteiger partial charge in [-0.2, -0.15) is 0 Å². The van der Waals surface area contributed by atoms with Crippen LogP contribution < -0.4 is 15.5 Å². The summed E-state index contributed by atoms with van der Waals surface area (Å²) in [4.78, 5) is 23.1. The van der Waals surface area contributed by atoms with E-state index in [0.29, 0.717) is 49.2 Å². The molecule has 2 saturated heterocycles. The van der Waals surface area contributed by atoms with Crippen molar-refractivity contribution in [3.8, 4) is 0 Å². The van der Waals surface area contributed by atoms with Crippen molar-refractivity contribution >= 4 is 23.1 Å². The lowest BCUT2D eigenvalue weighted by Crippen LogP contribution is -2.42. The molecule has 1 amide bonds. The molecule has 226 valence electrons. The van der Waals surface area contributed by atoms with Crippen LogP contribution in [0.4, 0.5) is 20.2 Å². The summed E-state index contributed by atoms with van der Waals surface area (Å²) in [6.07, 6.45) is 4.35. The number of benzene rings is 3. The van der Waals surface area contributed by atoms with Gasteiger partial charge in [0.2, 0.25) is 0 Å². The largest absolute Gasteiger partial charge is 0.381 e. The number of hydrogen-bond donors (Lipinski definition) is 2. The number of amides is 1. The first-order chi connectivity index (χ1) is 20.8. The van der Waals surface area contributed by atoms with Crippen molar-refractivity contribution in [3.63, 3.8) is 0 Å². The molecular formula is C34H39F2N5O2. The number of amidine groups is 1. The minimum atomic E-state index is -0.597. The van der Waals surface area contributed by atoms with Gasteiger partial charge in [0.15, 0.2) is 0 Å². The Morgan fingerprint density at radius 2 is 1.70 bits per heavy atom. The standard InChI is InChI=1S/C34H39F2N5O2/c1-40(2)28-7-11-41(12-8-28)29-5-6-30(32(20-29)38-27-9-13-43-14-10-27)34(42)39-33-31-18-22(3-4-24(31)21-37-33)15-23-16-25(35)19-26(36)17-23/h3-6,16-20,27-28,38H,7-15,21H2,1-2H3,(H,37,39,42). The van der Waals surface area contributed by atoms with Crippen molar-refractivity contribution in [2.45, 2.75) is 50.7 Å². The molecule has 9 heteroatoms. The number of rotatable bonds is 7. The quantitative estimate of drug-likeness (QED) is 0.389. The minimum absolute atomic E-state index is 0.225. The highest BCUT2D eigenvalue weighted by Gasteiger charge is 2.25. The average molecular weight is 588 g/mol. The van der Waals surface area contributed by atoms with Gasteiger partial charge < -0.3 is 25.2 Å². The molecule has 0 aliphatic carbocycles.